The lowest BCUT2D eigenvalue weighted by Crippen LogP contribution is -2.31. The summed E-state index contributed by atoms with van der Waals surface area (Å²) in [5.74, 6) is -0.227. The van der Waals surface area contributed by atoms with Crippen LogP contribution in [-0.4, -0.2) is 11.1 Å². The topological polar surface area (TPSA) is 50.4 Å². The van der Waals surface area contributed by atoms with Crippen LogP contribution < -0.4 is 0 Å². The number of carboxylic acids is 1. The zero-order valence-electron chi connectivity index (χ0n) is 9.78. The van der Waals surface area contributed by atoms with Crippen molar-refractivity contribution in [2.24, 2.45) is 0 Å². The van der Waals surface area contributed by atoms with E-state index in [9.17, 15) is 9.90 Å². The smallest absolute Gasteiger partial charge is 0.317 e. The van der Waals surface area contributed by atoms with Crippen molar-refractivity contribution in [2.45, 2.75) is 31.1 Å². The first kappa shape index (κ1) is 11.6. The molecule has 0 saturated heterocycles. The Morgan fingerprint density at radius 3 is 2.67 bits per heavy atom. The zero-order chi connectivity index (χ0) is 12.8. The van der Waals surface area contributed by atoms with Crippen LogP contribution in [0.2, 0.25) is 5.02 Å². The maximum absolute atomic E-state index is 11.6. The maximum Gasteiger partial charge on any atom is 0.317 e. The van der Waals surface area contributed by atoms with E-state index < -0.39 is 11.4 Å². The monoisotopic (exact) mass is 264 g/mol. The molecule has 0 aliphatic heterocycles. The fourth-order valence-corrected chi connectivity index (χ4v) is 2.95. The van der Waals surface area contributed by atoms with Crippen LogP contribution in [-0.2, 0) is 10.2 Å². The number of hydrogen-bond acceptors (Lipinski definition) is 2. The third-order valence-corrected chi connectivity index (χ3v) is 4.06. The second-order valence-corrected chi connectivity index (χ2v) is 5.32. The van der Waals surface area contributed by atoms with Gasteiger partial charge >= 0.3 is 5.97 Å². The Morgan fingerprint density at radius 2 is 2.00 bits per heavy atom. The highest BCUT2D eigenvalue weighted by atomic mass is 35.5. The van der Waals surface area contributed by atoms with E-state index in [1.807, 2.05) is 12.1 Å². The van der Waals surface area contributed by atoms with E-state index in [1.54, 1.807) is 12.1 Å². The summed E-state index contributed by atoms with van der Waals surface area (Å²) in [7, 11) is 0. The molecule has 2 aromatic rings. The van der Waals surface area contributed by atoms with E-state index in [-0.39, 0.29) is 0 Å². The molecule has 94 valence electrons. The molecule has 1 saturated carbocycles. The fraction of sp³-hybridized carbons (Fsp3) is 0.357. The van der Waals surface area contributed by atoms with Crippen molar-refractivity contribution in [1.82, 2.24) is 0 Å². The van der Waals surface area contributed by atoms with Gasteiger partial charge in [-0.1, -0.05) is 24.4 Å². The van der Waals surface area contributed by atoms with Gasteiger partial charge < -0.3 is 9.52 Å². The summed E-state index contributed by atoms with van der Waals surface area (Å²) in [6, 6.07) is 7.20. The van der Waals surface area contributed by atoms with Crippen molar-refractivity contribution in [3.8, 4) is 0 Å². The van der Waals surface area contributed by atoms with Crippen LogP contribution in [0.3, 0.4) is 0 Å². The van der Waals surface area contributed by atoms with Crippen molar-refractivity contribution in [3.63, 3.8) is 0 Å². The normalized spacial score (nSPS) is 18.3. The highest BCUT2D eigenvalue weighted by Crippen LogP contribution is 2.43. The molecule has 0 radical (unpaired) electrons. The van der Waals surface area contributed by atoms with Gasteiger partial charge in [-0.15, -0.1) is 0 Å². The Bertz CT molecular complexity index is 609. The molecular weight excluding hydrogens is 252 g/mol. The number of carbonyl (C=O) groups is 1. The van der Waals surface area contributed by atoms with Gasteiger partial charge in [0.15, 0.2) is 0 Å². The van der Waals surface area contributed by atoms with Gasteiger partial charge in [0.25, 0.3) is 0 Å². The van der Waals surface area contributed by atoms with Gasteiger partial charge in [0, 0.05) is 16.5 Å². The highest BCUT2D eigenvalue weighted by Gasteiger charge is 2.45. The van der Waals surface area contributed by atoms with Crippen molar-refractivity contribution in [3.05, 3.63) is 35.0 Å². The Morgan fingerprint density at radius 1 is 1.28 bits per heavy atom. The van der Waals surface area contributed by atoms with Crippen molar-refractivity contribution in [1.29, 1.82) is 0 Å². The summed E-state index contributed by atoms with van der Waals surface area (Å²) in [4.78, 5) is 11.6. The number of fused-ring (bicyclic) bond motifs is 1. The zero-order valence-corrected chi connectivity index (χ0v) is 10.5. The van der Waals surface area contributed by atoms with Gasteiger partial charge in [0.1, 0.15) is 16.8 Å². The third kappa shape index (κ3) is 1.62. The van der Waals surface area contributed by atoms with Crippen LogP contribution in [0, 0.1) is 0 Å². The lowest BCUT2D eigenvalue weighted by atomic mass is 9.83. The standard InChI is InChI=1S/C14H13ClO3/c15-10-4-3-9-7-12(18-11(9)8-10)14(13(16)17)5-1-2-6-14/h3-4,7-8H,1-2,5-6H2,(H,16,17). The second kappa shape index (κ2) is 4.02. The van der Waals surface area contributed by atoms with Crippen LogP contribution in [0.15, 0.2) is 28.7 Å². The van der Waals surface area contributed by atoms with Gasteiger partial charge in [-0.2, -0.15) is 0 Å². The first-order valence-corrected chi connectivity index (χ1v) is 6.43. The summed E-state index contributed by atoms with van der Waals surface area (Å²) in [6.45, 7) is 0. The largest absolute Gasteiger partial charge is 0.480 e. The minimum atomic E-state index is -0.842. The second-order valence-electron chi connectivity index (χ2n) is 4.89. The number of carboxylic acid groups (broad SMARTS) is 1. The van der Waals surface area contributed by atoms with Crippen molar-refractivity contribution >= 4 is 28.5 Å². The van der Waals surface area contributed by atoms with Gasteiger partial charge in [0.05, 0.1) is 0 Å². The number of furan rings is 1. The number of aliphatic carboxylic acids is 1. The Balaban J connectivity index is 2.15. The maximum atomic E-state index is 11.6. The summed E-state index contributed by atoms with van der Waals surface area (Å²) < 4.78 is 5.73. The molecule has 0 unspecified atom stereocenters. The Kier molecular flexibility index (Phi) is 2.59. The molecule has 0 amide bonds. The molecule has 1 heterocycles. The van der Waals surface area contributed by atoms with Crippen LogP contribution in [0.1, 0.15) is 31.4 Å². The van der Waals surface area contributed by atoms with Gasteiger partial charge in [-0.05, 0) is 31.0 Å². The van der Waals surface area contributed by atoms with E-state index in [2.05, 4.69) is 0 Å². The minimum Gasteiger partial charge on any atom is -0.480 e. The lowest BCUT2D eigenvalue weighted by Gasteiger charge is -2.20. The number of rotatable bonds is 2. The molecule has 1 N–H and O–H groups in total. The third-order valence-electron chi connectivity index (χ3n) is 3.82. The van der Waals surface area contributed by atoms with E-state index >= 15 is 0 Å². The number of hydrogen-bond donors (Lipinski definition) is 1. The number of benzene rings is 1. The molecule has 1 aliphatic carbocycles. The van der Waals surface area contributed by atoms with Gasteiger partial charge in [-0.3, -0.25) is 4.79 Å². The van der Waals surface area contributed by atoms with Crippen LogP contribution in [0.5, 0.6) is 0 Å². The average Bonchev–Trinajstić information content (AvgIpc) is 2.94. The molecule has 1 aromatic carbocycles. The number of halogens is 1. The first-order valence-electron chi connectivity index (χ1n) is 6.05. The summed E-state index contributed by atoms with van der Waals surface area (Å²) in [5.41, 5.74) is -0.184. The summed E-state index contributed by atoms with van der Waals surface area (Å²) in [5, 5.41) is 11.0. The van der Waals surface area contributed by atoms with Gasteiger partial charge in [-0.25, -0.2) is 0 Å². The summed E-state index contributed by atoms with van der Waals surface area (Å²) in [6.07, 6.45) is 3.17. The molecule has 3 rings (SSSR count). The molecule has 4 heteroatoms. The summed E-state index contributed by atoms with van der Waals surface area (Å²) >= 11 is 5.91. The predicted molar refractivity (Wildman–Crippen MR) is 69.0 cm³/mol. The fourth-order valence-electron chi connectivity index (χ4n) is 2.79. The molecule has 1 fully saturated rings. The molecule has 0 atom stereocenters. The first-order chi connectivity index (χ1) is 8.62. The van der Waals surface area contributed by atoms with E-state index in [4.69, 9.17) is 16.0 Å². The quantitative estimate of drug-likeness (QED) is 0.892. The van der Waals surface area contributed by atoms with Crippen LogP contribution in [0.4, 0.5) is 0 Å². The Hall–Kier alpha value is -1.48. The molecule has 1 aromatic heterocycles. The van der Waals surface area contributed by atoms with E-state index in [0.717, 1.165) is 18.2 Å². The molecule has 1 aliphatic rings. The average molecular weight is 265 g/mol. The van der Waals surface area contributed by atoms with Crippen LogP contribution in [0.25, 0.3) is 11.0 Å². The highest BCUT2D eigenvalue weighted by molar-refractivity contribution is 6.31. The Labute approximate surface area is 109 Å². The molecular formula is C14H13ClO3. The van der Waals surface area contributed by atoms with E-state index in [1.165, 1.54) is 0 Å². The van der Waals surface area contributed by atoms with Crippen molar-refractivity contribution in [2.75, 3.05) is 0 Å². The van der Waals surface area contributed by atoms with Gasteiger partial charge in [0.2, 0.25) is 0 Å². The minimum absolute atomic E-state index is 0.560. The van der Waals surface area contributed by atoms with Crippen LogP contribution >= 0.6 is 11.6 Å². The van der Waals surface area contributed by atoms with E-state index in [0.29, 0.717) is 29.2 Å². The molecule has 3 nitrogen and oxygen atoms in total. The van der Waals surface area contributed by atoms with Crippen molar-refractivity contribution < 1.29 is 14.3 Å². The predicted octanol–water partition coefficient (Wildman–Crippen LogP) is 3.98. The molecule has 0 bridgehead atoms. The molecule has 0 spiro atoms. The SMILES string of the molecule is O=C(O)C1(c2cc3ccc(Cl)cc3o2)CCCC1. The lowest BCUT2D eigenvalue weighted by molar-refractivity contribution is -0.144. The molecule has 18 heavy (non-hydrogen) atoms.